The summed E-state index contributed by atoms with van der Waals surface area (Å²) in [5.74, 6) is 0.930. The van der Waals surface area contributed by atoms with Crippen LogP contribution in [0.15, 0.2) is 64.5 Å². The molecule has 0 saturated heterocycles. The second-order valence-electron chi connectivity index (χ2n) is 6.66. The highest BCUT2D eigenvalue weighted by Crippen LogP contribution is 2.46. The summed E-state index contributed by atoms with van der Waals surface area (Å²) in [6.07, 6.45) is 2.25. The summed E-state index contributed by atoms with van der Waals surface area (Å²) in [6.45, 7) is 2.70. The monoisotopic (exact) mass is 460 g/mol. The molecule has 0 spiro atoms. The molecule has 9 heteroatoms. The van der Waals surface area contributed by atoms with Crippen molar-refractivity contribution in [3.63, 3.8) is 0 Å². The Bertz CT molecular complexity index is 1230. The van der Waals surface area contributed by atoms with E-state index < -0.39 is 10.4 Å². The van der Waals surface area contributed by atoms with Crippen molar-refractivity contribution >= 4 is 44.8 Å². The first-order chi connectivity index (χ1) is 14.7. The molecule has 0 amide bonds. The number of hydrogen-bond donors (Lipinski definition) is 0. The van der Waals surface area contributed by atoms with E-state index in [2.05, 4.69) is 82.4 Å². The van der Waals surface area contributed by atoms with E-state index in [1.54, 1.807) is 11.8 Å². The largest absolute Gasteiger partial charge is 0.726 e. The normalized spacial score (nSPS) is 14.4. The zero-order valence-corrected chi connectivity index (χ0v) is 19.4. The van der Waals surface area contributed by atoms with Crippen molar-refractivity contribution in [3.8, 4) is 5.75 Å². The smallest absolute Gasteiger partial charge is 0.217 e. The third kappa shape index (κ3) is 5.56. The number of thioether (sulfide) groups is 1. The summed E-state index contributed by atoms with van der Waals surface area (Å²) >= 11 is 1.79. The average Bonchev–Trinajstić information content (AvgIpc) is 3.05. The van der Waals surface area contributed by atoms with Gasteiger partial charge in [0.1, 0.15) is 12.8 Å². The highest BCUT2D eigenvalue weighted by molar-refractivity contribution is 8.03. The maximum Gasteiger partial charge on any atom is 0.217 e. The van der Waals surface area contributed by atoms with Crippen molar-refractivity contribution in [2.45, 2.75) is 11.8 Å². The van der Waals surface area contributed by atoms with Crippen molar-refractivity contribution in [1.29, 1.82) is 0 Å². The predicted octanol–water partition coefficient (Wildman–Crippen LogP) is 3.70. The number of aryl methyl sites for hydroxylation is 1. The molecule has 0 N–H and O–H groups in total. The van der Waals surface area contributed by atoms with Crippen LogP contribution in [-0.4, -0.2) is 33.7 Å². The molecule has 4 rings (SSSR count). The fraction of sp³-hybridized carbons (Fsp3) is 0.227. The van der Waals surface area contributed by atoms with Gasteiger partial charge in [0.05, 0.1) is 24.4 Å². The predicted molar refractivity (Wildman–Crippen MR) is 122 cm³/mol. The molecule has 2 heterocycles. The van der Waals surface area contributed by atoms with Crippen LogP contribution in [0.5, 0.6) is 5.75 Å². The van der Waals surface area contributed by atoms with Gasteiger partial charge >= 0.3 is 0 Å². The molecule has 0 bridgehead atoms. The van der Waals surface area contributed by atoms with Crippen molar-refractivity contribution < 1.29 is 26.5 Å². The molecule has 1 aromatic heterocycles. The van der Waals surface area contributed by atoms with E-state index >= 15 is 0 Å². The minimum Gasteiger partial charge on any atom is -0.726 e. The third-order valence-corrected chi connectivity index (χ3v) is 6.30. The Kier molecular flexibility index (Phi) is 7.22. The van der Waals surface area contributed by atoms with Crippen LogP contribution in [0.2, 0.25) is 0 Å². The van der Waals surface area contributed by atoms with Gasteiger partial charge in [0.25, 0.3) is 0 Å². The van der Waals surface area contributed by atoms with Crippen LogP contribution in [0.4, 0.5) is 5.69 Å². The van der Waals surface area contributed by atoms with E-state index in [-0.39, 0.29) is 0 Å². The second-order valence-corrected chi connectivity index (χ2v) is 8.87. The van der Waals surface area contributed by atoms with E-state index in [9.17, 15) is 13.0 Å². The molecule has 31 heavy (non-hydrogen) atoms. The summed E-state index contributed by atoms with van der Waals surface area (Å²) < 4.78 is 38.9. The highest BCUT2D eigenvalue weighted by Gasteiger charge is 2.24. The van der Waals surface area contributed by atoms with E-state index in [1.807, 2.05) is 13.0 Å². The summed E-state index contributed by atoms with van der Waals surface area (Å²) in [5.41, 5.74) is 3.65. The molecular weight excluding hydrogens is 436 g/mol. The molecule has 0 aliphatic carbocycles. The van der Waals surface area contributed by atoms with E-state index in [1.165, 1.54) is 32.2 Å². The number of nitrogens with zero attached hydrogens (tertiary/aromatic N) is 2. The standard InChI is InChI=1S/C21H21N2OS.CH4O4S/c1-4-24-17-11-12-19-20(14-17)25-21(23(19)3)13-16-10-9-15-7-5-6-8-18(15)22(16)2;1-5-6(2,3)4/h5-14H,4H2,1-3H3;1H3,(H,2,3,4)/q+1;/p-1. The number of ether oxygens (including phenoxy) is 1. The number of para-hydroxylation sites is 1. The quantitative estimate of drug-likeness (QED) is 0.334. The molecule has 164 valence electrons. The first-order valence-electron chi connectivity index (χ1n) is 9.53. The van der Waals surface area contributed by atoms with Gasteiger partial charge in [-0.2, -0.15) is 4.57 Å². The summed E-state index contributed by atoms with van der Waals surface area (Å²) in [6, 6.07) is 19.1. The number of rotatable bonds is 4. The first-order valence-corrected chi connectivity index (χ1v) is 11.7. The molecule has 7 nitrogen and oxygen atoms in total. The molecule has 0 atom stereocenters. The lowest BCUT2D eigenvalue weighted by Crippen LogP contribution is -2.32. The third-order valence-electron chi connectivity index (χ3n) is 4.74. The maximum atomic E-state index is 9.22. The number of hydrogen-bond acceptors (Lipinski definition) is 7. The molecule has 0 radical (unpaired) electrons. The molecule has 0 unspecified atom stereocenters. The Morgan fingerprint density at radius 1 is 1.16 bits per heavy atom. The maximum absolute atomic E-state index is 9.22. The van der Waals surface area contributed by atoms with Gasteiger partial charge in [0.15, 0.2) is 0 Å². The minimum absolute atomic E-state index is 0.689. The van der Waals surface area contributed by atoms with Crippen LogP contribution in [0.3, 0.4) is 0 Å². The van der Waals surface area contributed by atoms with Crippen LogP contribution in [0.1, 0.15) is 12.6 Å². The minimum atomic E-state index is -4.41. The average molecular weight is 461 g/mol. The lowest BCUT2D eigenvalue weighted by Gasteiger charge is -2.13. The number of anilines is 1. The SMILES string of the molecule is CCOc1ccc2c(c1)S/C(=C\c1ccc3ccccc3[n+]1C)N2C.COS(=O)(=O)[O-]. The molecule has 1 aliphatic rings. The molecular formula is C22H24N2O5S2. The van der Waals surface area contributed by atoms with Crippen molar-refractivity contribution in [1.82, 2.24) is 0 Å². The van der Waals surface area contributed by atoms with Gasteiger partial charge in [-0.05, 0) is 37.3 Å². The van der Waals surface area contributed by atoms with Gasteiger partial charge < -0.3 is 14.2 Å². The van der Waals surface area contributed by atoms with Crippen LogP contribution < -0.4 is 14.2 Å². The Balaban J connectivity index is 0.000000401. The van der Waals surface area contributed by atoms with E-state index in [0.29, 0.717) is 6.61 Å². The molecule has 0 saturated carbocycles. The van der Waals surface area contributed by atoms with Crippen LogP contribution in [0.25, 0.3) is 17.0 Å². The summed E-state index contributed by atoms with van der Waals surface area (Å²) in [7, 11) is 0.633. The lowest BCUT2D eigenvalue weighted by molar-refractivity contribution is -0.646. The van der Waals surface area contributed by atoms with Crippen LogP contribution in [0, 0.1) is 0 Å². The fourth-order valence-electron chi connectivity index (χ4n) is 3.17. The van der Waals surface area contributed by atoms with E-state index in [4.69, 9.17) is 4.74 Å². The Labute approximate surface area is 186 Å². The Morgan fingerprint density at radius 2 is 1.87 bits per heavy atom. The second kappa shape index (κ2) is 9.69. The molecule has 1 aliphatic heterocycles. The van der Waals surface area contributed by atoms with Crippen LogP contribution in [-0.2, 0) is 21.6 Å². The lowest BCUT2D eigenvalue weighted by atomic mass is 10.2. The Hall–Kier alpha value is -2.59. The van der Waals surface area contributed by atoms with Gasteiger partial charge in [-0.15, -0.1) is 0 Å². The highest BCUT2D eigenvalue weighted by atomic mass is 32.3. The topological polar surface area (TPSA) is 82.8 Å². The number of benzene rings is 2. The molecule has 0 fully saturated rings. The van der Waals surface area contributed by atoms with Gasteiger partial charge in [-0.3, -0.25) is 4.18 Å². The number of fused-ring (bicyclic) bond motifs is 2. The molecule has 3 aromatic rings. The molecule has 2 aromatic carbocycles. The summed E-state index contributed by atoms with van der Waals surface area (Å²) in [4.78, 5) is 3.48. The zero-order chi connectivity index (χ0) is 22.6. The first kappa shape index (κ1) is 23.1. The van der Waals surface area contributed by atoms with E-state index in [0.717, 1.165) is 12.9 Å². The Morgan fingerprint density at radius 3 is 2.55 bits per heavy atom. The van der Waals surface area contributed by atoms with Gasteiger partial charge in [0, 0.05) is 35.5 Å². The fourth-order valence-corrected chi connectivity index (χ4v) is 4.29. The van der Waals surface area contributed by atoms with Crippen molar-refractivity contribution in [2.24, 2.45) is 7.05 Å². The van der Waals surface area contributed by atoms with Crippen molar-refractivity contribution in [2.75, 3.05) is 25.7 Å². The zero-order valence-electron chi connectivity index (χ0n) is 17.7. The van der Waals surface area contributed by atoms with Gasteiger partial charge in [0.2, 0.25) is 21.6 Å². The van der Waals surface area contributed by atoms with Gasteiger partial charge in [-0.1, -0.05) is 23.9 Å². The number of pyridine rings is 1. The van der Waals surface area contributed by atoms with Gasteiger partial charge in [-0.25, -0.2) is 8.42 Å². The van der Waals surface area contributed by atoms with Crippen LogP contribution >= 0.6 is 11.8 Å². The van der Waals surface area contributed by atoms with Crippen molar-refractivity contribution in [3.05, 3.63) is 65.3 Å². The summed E-state index contributed by atoms with van der Waals surface area (Å²) in [5, 5.41) is 2.47. The number of aromatic nitrogens is 1.